The van der Waals surface area contributed by atoms with Gasteiger partial charge in [-0.2, -0.15) is 0 Å². The van der Waals surface area contributed by atoms with Gasteiger partial charge >= 0.3 is 17.9 Å². The summed E-state index contributed by atoms with van der Waals surface area (Å²) in [5.74, 6) is -4.64. The summed E-state index contributed by atoms with van der Waals surface area (Å²) in [6.07, 6.45) is 2.28. The van der Waals surface area contributed by atoms with Crippen LogP contribution in [0.2, 0.25) is 0 Å². The lowest BCUT2D eigenvalue weighted by Crippen LogP contribution is -2.48. The van der Waals surface area contributed by atoms with E-state index in [4.69, 9.17) is 14.2 Å². The molecule has 0 spiro atoms. The van der Waals surface area contributed by atoms with Crippen LogP contribution >= 0.6 is 0 Å². The van der Waals surface area contributed by atoms with Gasteiger partial charge in [-0.25, -0.2) is 0 Å². The number of fused-ring (bicyclic) bond motifs is 2. The van der Waals surface area contributed by atoms with Gasteiger partial charge in [0.15, 0.2) is 0 Å². The van der Waals surface area contributed by atoms with Crippen molar-refractivity contribution in [1.29, 1.82) is 0 Å². The maximum absolute atomic E-state index is 13.6. The molecule has 8 unspecified atom stereocenters. The molecule has 0 aromatic heterocycles. The van der Waals surface area contributed by atoms with Crippen LogP contribution in [-0.2, 0) is 28.6 Å². The van der Waals surface area contributed by atoms with Crippen molar-refractivity contribution in [2.75, 3.05) is 0 Å². The summed E-state index contributed by atoms with van der Waals surface area (Å²) in [5, 5.41) is 9.82. The van der Waals surface area contributed by atoms with E-state index in [0.717, 1.165) is 19.3 Å². The molecule has 0 aromatic carbocycles. The van der Waals surface area contributed by atoms with E-state index in [2.05, 4.69) is 6.92 Å². The number of hydrogen-bond donors (Lipinski definition) is 1. The maximum atomic E-state index is 13.6. The Labute approximate surface area is 192 Å². The van der Waals surface area contributed by atoms with Gasteiger partial charge < -0.3 is 19.3 Å². The van der Waals surface area contributed by atoms with Gasteiger partial charge in [0.2, 0.25) is 6.29 Å². The number of aliphatic carboxylic acids is 1. The Balaban J connectivity index is 2.44. The number of carbonyl (C=O) groups excluding carboxylic acids is 2. The van der Waals surface area contributed by atoms with E-state index in [0.29, 0.717) is 5.92 Å². The Kier molecular flexibility index (Phi) is 8.07. The lowest BCUT2D eigenvalue weighted by Gasteiger charge is -2.39. The number of esters is 2. The molecule has 0 radical (unpaired) electrons. The van der Waals surface area contributed by atoms with E-state index in [1.807, 2.05) is 20.8 Å². The summed E-state index contributed by atoms with van der Waals surface area (Å²) >= 11 is 0. The normalized spacial score (nSPS) is 29.2. The molecule has 0 amide bonds. The van der Waals surface area contributed by atoms with Crippen LogP contribution in [0.3, 0.4) is 0 Å². The van der Waals surface area contributed by atoms with Crippen molar-refractivity contribution >= 4 is 17.9 Å². The Morgan fingerprint density at radius 3 is 1.91 bits per heavy atom. The zero-order chi connectivity index (χ0) is 24.6. The third-order valence-electron chi connectivity index (χ3n) is 6.89. The van der Waals surface area contributed by atoms with Crippen LogP contribution in [0.5, 0.6) is 0 Å². The van der Waals surface area contributed by atoms with Crippen molar-refractivity contribution in [3.05, 3.63) is 0 Å². The van der Waals surface area contributed by atoms with Crippen LogP contribution < -0.4 is 0 Å². The van der Waals surface area contributed by atoms with Gasteiger partial charge in [0.05, 0.1) is 23.4 Å². The number of hydrogen-bond acceptors (Lipinski definition) is 6. The molecule has 0 heterocycles. The summed E-state index contributed by atoms with van der Waals surface area (Å²) in [7, 11) is 0. The fourth-order valence-electron chi connectivity index (χ4n) is 5.74. The van der Waals surface area contributed by atoms with Crippen molar-refractivity contribution in [3.63, 3.8) is 0 Å². The molecule has 2 aliphatic rings. The molecular weight excluding hydrogens is 412 g/mol. The van der Waals surface area contributed by atoms with Crippen molar-refractivity contribution in [2.24, 2.45) is 41.4 Å². The minimum Gasteiger partial charge on any atom is -0.481 e. The summed E-state index contributed by atoms with van der Waals surface area (Å²) < 4.78 is 17.1. The van der Waals surface area contributed by atoms with Gasteiger partial charge in [-0.1, -0.05) is 13.8 Å². The smallest absolute Gasteiger partial charge is 0.312 e. The number of carboxylic acids is 1. The molecule has 8 atom stereocenters. The second kappa shape index (κ2) is 9.70. The molecule has 2 fully saturated rings. The average molecular weight is 455 g/mol. The molecule has 7 nitrogen and oxygen atoms in total. The molecule has 0 saturated heterocycles. The van der Waals surface area contributed by atoms with Gasteiger partial charge in [0.25, 0.3) is 0 Å². The van der Waals surface area contributed by atoms with Crippen molar-refractivity contribution in [2.45, 2.75) is 99.1 Å². The number of ether oxygens (including phenoxy) is 3. The number of carboxylic acid groups (broad SMARTS) is 1. The highest BCUT2D eigenvalue weighted by Crippen LogP contribution is 2.56. The number of carbonyl (C=O) groups is 3. The van der Waals surface area contributed by atoms with Gasteiger partial charge in [0, 0.05) is 0 Å². The van der Waals surface area contributed by atoms with Crippen molar-refractivity contribution in [3.8, 4) is 0 Å². The van der Waals surface area contributed by atoms with Crippen LogP contribution in [0, 0.1) is 41.4 Å². The Bertz CT molecular complexity index is 700. The summed E-state index contributed by atoms with van der Waals surface area (Å²) in [6, 6.07) is 0. The first-order valence-electron chi connectivity index (χ1n) is 11.9. The predicted octanol–water partition coefficient (Wildman–Crippen LogP) is 4.67. The van der Waals surface area contributed by atoms with Crippen LogP contribution in [-0.4, -0.2) is 40.5 Å². The van der Waals surface area contributed by atoms with Gasteiger partial charge in [-0.3, -0.25) is 14.4 Å². The highest BCUT2D eigenvalue weighted by molar-refractivity contribution is 5.87. The Morgan fingerprint density at radius 1 is 0.906 bits per heavy atom. The monoisotopic (exact) mass is 454 g/mol. The molecule has 7 heteroatoms. The van der Waals surface area contributed by atoms with E-state index in [1.54, 1.807) is 27.7 Å². The van der Waals surface area contributed by atoms with Crippen LogP contribution in [0.15, 0.2) is 0 Å². The van der Waals surface area contributed by atoms with Crippen molar-refractivity contribution in [1.82, 2.24) is 0 Å². The van der Waals surface area contributed by atoms with Gasteiger partial charge in [0.1, 0.15) is 5.60 Å². The lowest BCUT2D eigenvalue weighted by atomic mass is 9.66. The molecule has 2 bridgehead atoms. The molecule has 0 aromatic rings. The highest BCUT2D eigenvalue weighted by Gasteiger charge is 2.56. The number of rotatable bonds is 8. The van der Waals surface area contributed by atoms with Gasteiger partial charge in [-0.15, -0.1) is 0 Å². The minimum atomic E-state index is -1.13. The van der Waals surface area contributed by atoms with E-state index in [9.17, 15) is 19.5 Å². The van der Waals surface area contributed by atoms with E-state index >= 15 is 0 Å². The minimum absolute atomic E-state index is 0.123. The molecule has 32 heavy (non-hydrogen) atoms. The molecule has 2 saturated carbocycles. The summed E-state index contributed by atoms with van der Waals surface area (Å²) in [5.41, 5.74) is -1.32. The second-order valence-electron chi connectivity index (χ2n) is 11.7. The van der Waals surface area contributed by atoms with Crippen molar-refractivity contribution < 1.29 is 33.7 Å². The highest BCUT2D eigenvalue weighted by atomic mass is 16.7. The van der Waals surface area contributed by atoms with E-state index in [-0.39, 0.29) is 17.8 Å². The van der Waals surface area contributed by atoms with E-state index < -0.39 is 53.2 Å². The molecule has 1 N–H and O–H groups in total. The third kappa shape index (κ3) is 6.46. The Hall–Kier alpha value is -1.63. The molecule has 0 aliphatic heterocycles. The largest absolute Gasteiger partial charge is 0.481 e. The first-order chi connectivity index (χ1) is 14.5. The Morgan fingerprint density at radius 2 is 1.47 bits per heavy atom. The molecule has 184 valence electrons. The molecule has 2 aliphatic carbocycles. The lowest BCUT2D eigenvalue weighted by molar-refractivity contribution is -0.208. The summed E-state index contributed by atoms with van der Waals surface area (Å²) in [4.78, 5) is 38.9. The first kappa shape index (κ1) is 26.6. The second-order valence-corrected chi connectivity index (χ2v) is 11.7. The SMILES string of the molecule is CC(OC(=O)C(C(C(=O)OC(C)(C)C)C(C)C(=O)O)C1C2CCC(C2)C1C)OC(C)(C)C. The summed E-state index contributed by atoms with van der Waals surface area (Å²) in [6.45, 7) is 16.0. The quantitative estimate of drug-likeness (QED) is 0.420. The molecular formula is C25H42O7. The van der Waals surface area contributed by atoms with Crippen LogP contribution in [0.25, 0.3) is 0 Å². The zero-order valence-electron chi connectivity index (χ0n) is 21.1. The third-order valence-corrected chi connectivity index (χ3v) is 6.89. The maximum Gasteiger partial charge on any atom is 0.312 e. The van der Waals surface area contributed by atoms with E-state index in [1.165, 1.54) is 6.92 Å². The average Bonchev–Trinajstić information content (AvgIpc) is 3.17. The van der Waals surface area contributed by atoms with Crippen LogP contribution in [0.4, 0.5) is 0 Å². The first-order valence-corrected chi connectivity index (χ1v) is 11.9. The topological polar surface area (TPSA) is 99.1 Å². The standard InChI is InChI=1S/C25H42O7/c1-13-16-10-11-17(12-16)18(13)20(22(28)30-15(3)31-24(4,5)6)19(14(2)21(26)27)23(29)32-25(7,8)9/h13-20H,10-12H2,1-9H3,(H,26,27). The fraction of sp³-hybridized carbons (Fsp3) is 0.880. The van der Waals surface area contributed by atoms with Gasteiger partial charge in [-0.05, 0) is 91.4 Å². The predicted molar refractivity (Wildman–Crippen MR) is 120 cm³/mol. The van der Waals surface area contributed by atoms with Crippen LogP contribution in [0.1, 0.15) is 81.6 Å². The molecule has 2 rings (SSSR count). The zero-order valence-corrected chi connectivity index (χ0v) is 21.1. The fourth-order valence-corrected chi connectivity index (χ4v) is 5.74.